The molecule has 2 aromatic carbocycles. The number of nitrogens with zero attached hydrogens (tertiary/aromatic N) is 1. The molecule has 19 heavy (non-hydrogen) atoms. The molecule has 4 nitrogen and oxygen atoms in total. The highest BCUT2D eigenvalue weighted by Crippen LogP contribution is 2.17. The SMILES string of the molecule is Cc1ccc(NC(=O)Oc2ccccc2C#N)cc1. The molecular formula is C15H12N2O2. The summed E-state index contributed by atoms with van der Waals surface area (Å²) in [4.78, 5) is 11.7. The van der Waals surface area contributed by atoms with E-state index in [1.807, 2.05) is 25.1 Å². The Kier molecular flexibility index (Phi) is 3.79. The summed E-state index contributed by atoms with van der Waals surface area (Å²) >= 11 is 0. The van der Waals surface area contributed by atoms with Gasteiger partial charge in [-0.2, -0.15) is 5.26 Å². The maximum absolute atomic E-state index is 11.7. The van der Waals surface area contributed by atoms with Crippen LogP contribution in [0.25, 0.3) is 0 Å². The average Bonchev–Trinajstić information content (AvgIpc) is 2.42. The van der Waals surface area contributed by atoms with Crippen LogP contribution in [-0.2, 0) is 0 Å². The molecule has 0 atom stereocenters. The number of amides is 1. The zero-order valence-electron chi connectivity index (χ0n) is 10.4. The number of aryl methyl sites for hydroxylation is 1. The first kappa shape index (κ1) is 12.7. The van der Waals surface area contributed by atoms with Crippen molar-refractivity contribution in [1.82, 2.24) is 0 Å². The van der Waals surface area contributed by atoms with Crippen LogP contribution in [-0.4, -0.2) is 6.09 Å². The number of ether oxygens (including phenoxy) is 1. The molecule has 0 aliphatic heterocycles. The maximum Gasteiger partial charge on any atom is 0.417 e. The quantitative estimate of drug-likeness (QED) is 0.890. The van der Waals surface area contributed by atoms with Gasteiger partial charge in [-0.15, -0.1) is 0 Å². The second-order valence-corrected chi connectivity index (χ2v) is 3.99. The highest BCUT2D eigenvalue weighted by molar-refractivity contribution is 5.86. The van der Waals surface area contributed by atoms with E-state index in [-0.39, 0.29) is 5.75 Å². The Morgan fingerprint density at radius 3 is 2.53 bits per heavy atom. The summed E-state index contributed by atoms with van der Waals surface area (Å²) in [6, 6.07) is 15.9. The number of rotatable bonds is 2. The van der Waals surface area contributed by atoms with Crippen molar-refractivity contribution in [2.75, 3.05) is 5.32 Å². The molecule has 0 heterocycles. The van der Waals surface area contributed by atoms with Crippen LogP contribution in [0.3, 0.4) is 0 Å². The van der Waals surface area contributed by atoms with E-state index in [0.717, 1.165) is 5.56 Å². The van der Waals surface area contributed by atoms with Crippen LogP contribution >= 0.6 is 0 Å². The number of anilines is 1. The van der Waals surface area contributed by atoms with Gasteiger partial charge in [0.05, 0.1) is 5.56 Å². The number of nitriles is 1. The second-order valence-electron chi connectivity index (χ2n) is 3.99. The summed E-state index contributed by atoms with van der Waals surface area (Å²) in [6.07, 6.45) is -0.619. The first-order valence-corrected chi connectivity index (χ1v) is 5.73. The molecule has 2 rings (SSSR count). The van der Waals surface area contributed by atoms with E-state index < -0.39 is 6.09 Å². The fraction of sp³-hybridized carbons (Fsp3) is 0.0667. The molecule has 0 fully saturated rings. The molecule has 1 amide bonds. The Balaban J connectivity index is 2.06. The third-order valence-electron chi connectivity index (χ3n) is 2.51. The van der Waals surface area contributed by atoms with Crippen molar-refractivity contribution in [2.45, 2.75) is 6.92 Å². The molecule has 0 aromatic heterocycles. The number of benzene rings is 2. The lowest BCUT2D eigenvalue weighted by atomic mass is 10.2. The van der Waals surface area contributed by atoms with Crippen LogP contribution in [0.15, 0.2) is 48.5 Å². The fourth-order valence-corrected chi connectivity index (χ4v) is 1.53. The number of hydrogen-bond acceptors (Lipinski definition) is 3. The van der Waals surface area contributed by atoms with Crippen molar-refractivity contribution in [3.05, 3.63) is 59.7 Å². The molecule has 0 bridgehead atoms. The fourth-order valence-electron chi connectivity index (χ4n) is 1.53. The Hall–Kier alpha value is -2.80. The Morgan fingerprint density at radius 1 is 1.16 bits per heavy atom. The third-order valence-corrected chi connectivity index (χ3v) is 2.51. The zero-order chi connectivity index (χ0) is 13.7. The van der Waals surface area contributed by atoms with Gasteiger partial charge in [0.15, 0.2) is 5.75 Å². The van der Waals surface area contributed by atoms with Gasteiger partial charge in [-0.25, -0.2) is 4.79 Å². The van der Waals surface area contributed by atoms with E-state index >= 15 is 0 Å². The molecule has 1 N–H and O–H groups in total. The zero-order valence-corrected chi connectivity index (χ0v) is 10.4. The predicted molar refractivity (Wildman–Crippen MR) is 72.0 cm³/mol. The van der Waals surface area contributed by atoms with Gasteiger partial charge in [-0.05, 0) is 31.2 Å². The normalized spacial score (nSPS) is 9.47. The van der Waals surface area contributed by atoms with Gasteiger partial charge < -0.3 is 4.74 Å². The molecule has 0 spiro atoms. The molecule has 2 aromatic rings. The summed E-state index contributed by atoms with van der Waals surface area (Å²) < 4.78 is 5.10. The van der Waals surface area contributed by atoms with Gasteiger partial charge in [0, 0.05) is 5.69 Å². The summed E-state index contributed by atoms with van der Waals surface area (Å²) in [6.45, 7) is 1.96. The van der Waals surface area contributed by atoms with E-state index in [9.17, 15) is 4.79 Å². The highest BCUT2D eigenvalue weighted by Gasteiger charge is 2.08. The number of nitrogens with one attached hydrogen (secondary N) is 1. The van der Waals surface area contributed by atoms with Gasteiger partial charge in [-0.3, -0.25) is 5.32 Å². The minimum absolute atomic E-state index is 0.245. The molecule has 4 heteroatoms. The van der Waals surface area contributed by atoms with E-state index in [2.05, 4.69) is 5.32 Å². The van der Waals surface area contributed by atoms with Crippen molar-refractivity contribution in [1.29, 1.82) is 5.26 Å². The highest BCUT2D eigenvalue weighted by atomic mass is 16.6. The minimum atomic E-state index is -0.619. The summed E-state index contributed by atoms with van der Waals surface area (Å²) in [5, 5.41) is 11.5. The van der Waals surface area contributed by atoms with E-state index in [1.54, 1.807) is 36.4 Å². The molecule has 0 radical (unpaired) electrons. The minimum Gasteiger partial charge on any atom is -0.409 e. The largest absolute Gasteiger partial charge is 0.417 e. The summed E-state index contributed by atoms with van der Waals surface area (Å²) in [7, 11) is 0. The van der Waals surface area contributed by atoms with Gasteiger partial charge in [-0.1, -0.05) is 29.8 Å². The van der Waals surface area contributed by atoms with E-state index in [4.69, 9.17) is 10.00 Å². The summed E-state index contributed by atoms with van der Waals surface area (Å²) in [5.74, 6) is 0.245. The molecule has 0 saturated carbocycles. The van der Waals surface area contributed by atoms with Crippen LogP contribution in [0.4, 0.5) is 10.5 Å². The van der Waals surface area contributed by atoms with Crippen molar-refractivity contribution >= 4 is 11.8 Å². The van der Waals surface area contributed by atoms with Crippen LogP contribution in [0.2, 0.25) is 0 Å². The molecule has 0 aliphatic rings. The van der Waals surface area contributed by atoms with Crippen molar-refractivity contribution in [3.63, 3.8) is 0 Å². The van der Waals surface area contributed by atoms with Crippen molar-refractivity contribution < 1.29 is 9.53 Å². The first-order valence-electron chi connectivity index (χ1n) is 5.73. The number of hydrogen-bond donors (Lipinski definition) is 1. The molecule has 0 unspecified atom stereocenters. The third kappa shape index (κ3) is 3.33. The Morgan fingerprint density at radius 2 is 1.84 bits per heavy atom. The summed E-state index contributed by atoms with van der Waals surface area (Å²) in [5.41, 5.74) is 2.07. The van der Waals surface area contributed by atoms with Crippen LogP contribution in [0.5, 0.6) is 5.75 Å². The van der Waals surface area contributed by atoms with E-state index in [0.29, 0.717) is 11.3 Å². The average molecular weight is 252 g/mol. The van der Waals surface area contributed by atoms with Gasteiger partial charge in [0.25, 0.3) is 0 Å². The van der Waals surface area contributed by atoms with Crippen LogP contribution in [0, 0.1) is 18.3 Å². The monoisotopic (exact) mass is 252 g/mol. The first-order chi connectivity index (χ1) is 9.19. The number of para-hydroxylation sites is 1. The number of carbonyl (C=O) groups excluding carboxylic acids is 1. The molecule has 94 valence electrons. The lowest BCUT2D eigenvalue weighted by Gasteiger charge is -2.07. The number of carbonyl (C=O) groups is 1. The van der Waals surface area contributed by atoms with Crippen molar-refractivity contribution in [3.8, 4) is 11.8 Å². The Bertz CT molecular complexity index is 627. The van der Waals surface area contributed by atoms with Gasteiger partial charge in [0.2, 0.25) is 0 Å². The van der Waals surface area contributed by atoms with E-state index in [1.165, 1.54) is 0 Å². The van der Waals surface area contributed by atoms with Crippen LogP contribution in [0.1, 0.15) is 11.1 Å². The smallest absolute Gasteiger partial charge is 0.409 e. The maximum atomic E-state index is 11.7. The predicted octanol–water partition coefficient (Wildman–Crippen LogP) is 3.48. The topological polar surface area (TPSA) is 62.1 Å². The Labute approximate surface area is 111 Å². The molecular weight excluding hydrogens is 240 g/mol. The molecule has 0 saturated heterocycles. The van der Waals surface area contributed by atoms with Gasteiger partial charge in [0.1, 0.15) is 6.07 Å². The van der Waals surface area contributed by atoms with Crippen molar-refractivity contribution in [2.24, 2.45) is 0 Å². The lowest BCUT2D eigenvalue weighted by molar-refractivity contribution is 0.215. The molecule has 0 aliphatic carbocycles. The second kappa shape index (κ2) is 5.69. The lowest BCUT2D eigenvalue weighted by Crippen LogP contribution is -2.17. The standard InChI is InChI=1S/C15H12N2O2/c1-11-6-8-13(9-7-11)17-15(18)19-14-5-3-2-4-12(14)10-16/h2-9H,1H3,(H,17,18). The van der Waals surface area contributed by atoms with Gasteiger partial charge >= 0.3 is 6.09 Å². The van der Waals surface area contributed by atoms with Crippen LogP contribution < -0.4 is 10.1 Å².